The normalized spacial score (nSPS) is 13.1. The summed E-state index contributed by atoms with van der Waals surface area (Å²) in [5, 5.41) is 0.259. The summed E-state index contributed by atoms with van der Waals surface area (Å²) < 4.78 is 81.9. The lowest BCUT2D eigenvalue weighted by Gasteiger charge is -2.29. The van der Waals surface area contributed by atoms with Crippen LogP contribution in [0.25, 0.3) is 0 Å². The first-order valence-electron chi connectivity index (χ1n) is 9.88. The molecule has 11 heteroatoms. The van der Waals surface area contributed by atoms with E-state index in [4.69, 9.17) is 17.3 Å². The first-order chi connectivity index (χ1) is 15.9. The largest absolute Gasteiger partial charge is 0.416 e. The van der Waals surface area contributed by atoms with E-state index in [1.54, 1.807) is 18.2 Å². The maximum absolute atomic E-state index is 13.8. The molecule has 0 bridgehead atoms. The number of sulfonamides is 1. The van der Waals surface area contributed by atoms with Crippen molar-refractivity contribution in [3.8, 4) is 0 Å². The molecule has 3 rings (SSSR count). The predicted octanol–water partition coefficient (Wildman–Crippen LogP) is 4.96. The van der Waals surface area contributed by atoms with Crippen molar-refractivity contribution >= 4 is 27.5 Å². The highest BCUT2D eigenvalue weighted by Crippen LogP contribution is 2.34. The second kappa shape index (κ2) is 10.1. The molecule has 0 aliphatic heterocycles. The third kappa shape index (κ3) is 5.75. The highest BCUT2D eigenvalue weighted by Gasteiger charge is 2.37. The highest BCUT2D eigenvalue weighted by atomic mass is 35.5. The van der Waals surface area contributed by atoms with Crippen molar-refractivity contribution in [2.45, 2.75) is 23.5 Å². The van der Waals surface area contributed by atoms with Crippen molar-refractivity contribution in [3.05, 3.63) is 100 Å². The van der Waals surface area contributed by atoms with E-state index in [1.165, 1.54) is 36.4 Å². The van der Waals surface area contributed by atoms with Crippen LogP contribution in [0.4, 0.5) is 17.6 Å². The number of hydrogen-bond acceptors (Lipinski definition) is 3. The molecule has 0 saturated carbocycles. The molecule has 1 atom stereocenters. The number of primary amides is 1. The van der Waals surface area contributed by atoms with Crippen LogP contribution >= 0.6 is 11.6 Å². The van der Waals surface area contributed by atoms with E-state index in [2.05, 4.69) is 0 Å². The van der Waals surface area contributed by atoms with Gasteiger partial charge in [0.15, 0.2) is 0 Å². The Kier molecular flexibility index (Phi) is 7.64. The smallest absolute Gasteiger partial charge is 0.368 e. The van der Waals surface area contributed by atoms with Gasteiger partial charge in [0.2, 0.25) is 15.9 Å². The van der Waals surface area contributed by atoms with Gasteiger partial charge in [-0.05, 0) is 60.0 Å². The molecule has 0 saturated heterocycles. The second-order valence-electron chi connectivity index (χ2n) is 7.33. The van der Waals surface area contributed by atoms with Crippen LogP contribution in [0.1, 0.15) is 22.7 Å². The molecule has 0 fully saturated rings. The van der Waals surface area contributed by atoms with Crippen LogP contribution in [0, 0.1) is 5.82 Å². The summed E-state index contributed by atoms with van der Waals surface area (Å²) in [5.41, 5.74) is 4.22. The molecule has 0 aliphatic carbocycles. The van der Waals surface area contributed by atoms with E-state index < -0.39 is 58.1 Å². The zero-order chi connectivity index (χ0) is 25.1. The van der Waals surface area contributed by atoms with Crippen LogP contribution in [-0.2, 0) is 27.4 Å². The molecule has 0 aliphatic rings. The Morgan fingerprint density at radius 2 is 1.62 bits per heavy atom. The zero-order valence-corrected chi connectivity index (χ0v) is 19.0. The summed E-state index contributed by atoms with van der Waals surface area (Å²) in [7, 11) is -4.44. The molecule has 180 valence electrons. The maximum atomic E-state index is 13.8. The first kappa shape index (κ1) is 25.7. The summed E-state index contributed by atoms with van der Waals surface area (Å²) in [6, 6.07) is 13.2. The minimum Gasteiger partial charge on any atom is -0.368 e. The van der Waals surface area contributed by atoms with Gasteiger partial charge in [0.1, 0.15) is 11.9 Å². The van der Waals surface area contributed by atoms with E-state index in [0.29, 0.717) is 18.2 Å². The van der Waals surface area contributed by atoms with Crippen molar-refractivity contribution < 1.29 is 30.8 Å². The van der Waals surface area contributed by atoms with Crippen LogP contribution in [0.5, 0.6) is 0 Å². The molecule has 5 nitrogen and oxygen atoms in total. The van der Waals surface area contributed by atoms with Gasteiger partial charge in [-0.2, -0.15) is 17.5 Å². The molecule has 3 aromatic rings. The average molecular weight is 515 g/mol. The van der Waals surface area contributed by atoms with E-state index in [9.17, 15) is 30.8 Å². The third-order valence-electron chi connectivity index (χ3n) is 5.07. The van der Waals surface area contributed by atoms with Gasteiger partial charge in [0, 0.05) is 11.6 Å². The van der Waals surface area contributed by atoms with Gasteiger partial charge in [0.05, 0.1) is 10.5 Å². The topological polar surface area (TPSA) is 80.5 Å². The fraction of sp³-hybridized carbons (Fsp3) is 0.174. The minimum atomic E-state index is -4.79. The summed E-state index contributed by atoms with van der Waals surface area (Å²) in [5.74, 6) is -1.94. The van der Waals surface area contributed by atoms with Crippen molar-refractivity contribution in [2.75, 3.05) is 6.54 Å². The minimum absolute atomic E-state index is 0.225. The quantitative estimate of drug-likeness (QED) is 0.432. The Balaban J connectivity index is 2.10. The lowest BCUT2D eigenvalue weighted by molar-refractivity contribution is -0.138. The van der Waals surface area contributed by atoms with E-state index in [-0.39, 0.29) is 15.5 Å². The van der Waals surface area contributed by atoms with Crippen LogP contribution in [0.3, 0.4) is 0 Å². The zero-order valence-electron chi connectivity index (χ0n) is 17.5. The van der Waals surface area contributed by atoms with Crippen LogP contribution < -0.4 is 5.73 Å². The Labute approximate surface area is 198 Å². The van der Waals surface area contributed by atoms with Gasteiger partial charge in [-0.3, -0.25) is 4.79 Å². The van der Waals surface area contributed by atoms with Crippen LogP contribution in [-0.4, -0.2) is 25.2 Å². The Hall–Kier alpha value is -2.95. The SMILES string of the molecule is NC(=O)C(c1ccccc1)N(CCc1cc(F)ccc1C(F)(F)F)S(=O)(=O)c1ccc(Cl)cc1. The number of alkyl halides is 3. The van der Waals surface area contributed by atoms with Crippen molar-refractivity contribution in [1.29, 1.82) is 0 Å². The van der Waals surface area contributed by atoms with Gasteiger partial charge in [-0.15, -0.1) is 0 Å². The fourth-order valence-electron chi connectivity index (χ4n) is 3.51. The molecule has 3 aromatic carbocycles. The lowest BCUT2D eigenvalue weighted by Crippen LogP contribution is -2.43. The predicted molar refractivity (Wildman–Crippen MR) is 119 cm³/mol. The van der Waals surface area contributed by atoms with Gasteiger partial charge in [0.25, 0.3) is 0 Å². The molecule has 0 aromatic heterocycles. The summed E-state index contributed by atoms with van der Waals surface area (Å²) >= 11 is 5.84. The first-order valence-corrected chi connectivity index (χ1v) is 11.7. The Morgan fingerprint density at radius 3 is 2.18 bits per heavy atom. The average Bonchev–Trinajstić information content (AvgIpc) is 2.76. The van der Waals surface area contributed by atoms with Gasteiger partial charge >= 0.3 is 6.18 Å². The standard InChI is InChI=1S/C23H19ClF4N2O3S/c24-17-6-9-19(10-7-17)34(32,33)30(21(22(29)31)15-4-2-1-3-5-15)13-12-16-14-18(25)8-11-20(16)23(26,27)28/h1-11,14,21H,12-13H2,(H2,29,31). The molecular weight excluding hydrogens is 496 g/mol. The van der Waals surface area contributed by atoms with Gasteiger partial charge < -0.3 is 5.73 Å². The monoisotopic (exact) mass is 514 g/mol. The number of carbonyl (C=O) groups is 1. The molecule has 34 heavy (non-hydrogen) atoms. The molecule has 1 unspecified atom stereocenters. The van der Waals surface area contributed by atoms with Crippen molar-refractivity contribution in [3.63, 3.8) is 0 Å². The summed E-state index contributed by atoms with van der Waals surface area (Å²) in [6.45, 7) is -0.583. The Bertz CT molecular complexity index is 1270. The fourth-order valence-corrected chi connectivity index (χ4v) is 5.23. The van der Waals surface area contributed by atoms with Gasteiger partial charge in [-0.1, -0.05) is 41.9 Å². The number of benzene rings is 3. The molecule has 0 heterocycles. The number of nitrogens with two attached hydrogens (primary N) is 1. The number of nitrogens with zero attached hydrogens (tertiary/aromatic N) is 1. The number of rotatable bonds is 8. The summed E-state index contributed by atoms with van der Waals surface area (Å²) in [6.07, 6.45) is -5.32. The maximum Gasteiger partial charge on any atom is 0.416 e. The van der Waals surface area contributed by atoms with Crippen molar-refractivity contribution in [1.82, 2.24) is 4.31 Å². The highest BCUT2D eigenvalue weighted by molar-refractivity contribution is 7.89. The number of carbonyl (C=O) groups excluding carboxylic acids is 1. The van der Waals surface area contributed by atoms with Crippen molar-refractivity contribution in [2.24, 2.45) is 5.73 Å². The number of halogens is 5. The number of hydrogen-bond donors (Lipinski definition) is 1. The molecule has 1 amide bonds. The van der Waals surface area contributed by atoms with E-state index in [0.717, 1.165) is 4.31 Å². The second-order valence-corrected chi connectivity index (χ2v) is 9.66. The molecule has 0 radical (unpaired) electrons. The van der Waals surface area contributed by atoms with E-state index in [1.807, 2.05) is 0 Å². The summed E-state index contributed by atoms with van der Waals surface area (Å²) in [4.78, 5) is 12.2. The number of amides is 1. The third-order valence-corrected chi connectivity index (χ3v) is 7.20. The van der Waals surface area contributed by atoms with Crippen LogP contribution in [0.15, 0.2) is 77.7 Å². The lowest BCUT2D eigenvalue weighted by atomic mass is 10.0. The molecule has 0 spiro atoms. The van der Waals surface area contributed by atoms with Gasteiger partial charge in [-0.25, -0.2) is 12.8 Å². The Morgan fingerprint density at radius 1 is 1.00 bits per heavy atom. The van der Waals surface area contributed by atoms with Crippen LogP contribution in [0.2, 0.25) is 5.02 Å². The molecule has 2 N–H and O–H groups in total. The molecular formula is C23H19ClF4N2O3S. The van der Waals surface area contributed by atoms with E-state index >= 15 is 0 Å².